The van der Waals surface area contributed by atoms with Gasteiger partial charge in [-0.05, 0) is 49.9 Å². The summed E-state index contributed by atoms with van der Waals surface area (Å²) < 4.78 is 20.1. The average molecular weight is 419 g/mol. The Bertz CT molecular complexity index is 825. The van der Waals surface area contributed by atoms with E-state index in [1.807, 2.05) is 54.3 Å². The van der Waals surface area contributed by atoms with Gasteiger partial charge in [0.1, 0.15) is 11.9 Å². The number of piperidine rings is 1. The third-order valence-electron chi connectivity index (χ3n) is 5.98. The number of carbonyl (C=O) groups excluding carboxylic acids is 1. The number of halogens is 2. The number of amides is 1. The van der Waals surface area contributed by atoms with E-state index in [0.29, 0.717) is 13.0 Å². The lowest BCUT2D eigenvalue weighted by Gasteiger charge is -2.49. The summed E-state index contributed by atoms with van der Waals surface area (Å²) in [5.41, 5.74) is 1.41. The molecule has 0 saturated carbocycles. The van der Waals surface area contributed by atoms with Crippen LogP contribution in [-0.4, -0.2) is 48.7 Å². The minimum atomic E-state index is -0.432. The van der Waals surface area contributed by atoms with Crippen molar-refractivity contribution in [3.8, 4) is 0 Å². The predicted molar refractivity (Wildman–Crippen MR) is 115 cm³/mol. The quantitative estimate of drug-likeness (QED) is 0.750. The Kier molecular flexibility index (Phi) is 6.93. The Morgan fingerprint density at radius 1 is 1.07 bits per heavy atom. The summed E-state index contributed by atoms with van der Waals surface area (Å²) in [6.45, 7) is 5.09. The first kappa shape index (κ1) is 21.8. The van der Waals surface area contributed by atoms with E-state index in [2.05, 4.69) is 4.90 Å². The zero-order chi connectivity index (χ0) is 19.6. The van der Waals surface area contributed by atoms with E-state index in [1.165, 1.54) is 6.07 Å². The van der Waals surface area contributed by atoms with E-state index >= 15 is 0 Å². The first-order valence-corrected chi connectivity index (χ1v) is 10.1. The molecule has 0 aromatic heterocycles. The maximum Gasteiger partial charge on any atom is 0.255 e. The van der Waals surface area contributed by atoms with Crippen LogP contribution in [0.4, 0.5) is 10.1 Å². The summed E-state index contributed by atoms with van der Waals surface area (Å²) in [6, 6.07) is 16.8. The molecule has 29 heavy (non-hydrogen) atoms. The summed E-state index contributed by atoms with van der Waals surface area (Å²) in [5, 5.41) is 0. The fourth-order valence-electron chi connectivity index (χ4n) is 4.31. The maximum absolute atomic E-state index is 13.8. The SMILES string of the molecule is CC1OC2(CCN(CCc3ccccc3F)CC2)CN(c2ccccc2)C1=O.Cl. The molecule has 4 nitrogen and oxygen atoms in total. The van der Waals surface area contributed by atoms with Gasteiger partial charge in [-0.3, -0.25) is 4.79 Å². The number of nitrogens with zero attached hydrogens (tertiary/aromatic N) is 2. The Morgan fingerprint density at radius 2 is 1.72 bits per heavy atom. The maximum atomic E-state index is 13.8. The number of hydrogen-bond acceptors (Lipinski definition) is 3. The lowest BCUT2D eigenvalue weighted by molar-refractivity contribution is -0.161. The van der Waals surface area contributed by atoms with Crippen LogP contribution in [0.2, 0.25) is 0 Å². The molecule has 2 fully saturated rings. The standard InChI is InChI=1S/C23H27FN2O2.ClH/c1-18-22(27)26(20-8-3-2-4-9-20)17-23(28-18)12-15-25(16-13-23)14-11-19-7-5-6-10-21(19)24;/h2-10,18H,11-17H2,1H3;1H. The van der Waals surface area contributed by atoms with Crippen LogP contribution in [0, 0.1) is 5.82 Å². The molecule has 0 bridgehead atoms. The molecule has 0 N–H and O–H groups in total. The molecule has 0 aliphatic carbocycles. The van der Waals surface area contributed by atoms with Crippen LogP contribution in [0.25, 0.3) is 0 Å². The highest BCUT2D eigenvalue weighted by Crippen LogP contribution is 2.35. The van der Waals surface area contributed by atoms with Crippen molar-refractivity contribution in [2.45, 2.75) is 37.9 Å². The van der Waals surface area contributed by atoms with Crippen LogP contribution < -0.4 is 4.90 Å². The van der Waals surface area contributed by atoms with E-state index < -0.39 is 6.10 Å². The number of carbonyl (C=O) groups is 1. The average Bonchev–Trinajstić information content (AvgIpc) is 2.72. The molecule has 2 aliphatic heterocycles. The first-order valence-electron chi connectivity index (χ1n) is 10.1. The number of likely N-dealkylation sites (tertiary alicyclic amines) is 1. The molecular weight excluding hydrogens is 391 g/mol. The van der Waals surface area contributed by atoms with Gasteiger partial charge in [0, 0.05) is 25.3 Å². The second-order valence-electron chi connectivity index (χ2n) is 7.89. The summed E-state index contributed by atoms with van der Waals surface area (Å²) in [6.07, 6.45) is 2.04. The molecule has 1 unspecified atom stereocenters. The predicted octanol–water partition coefficient (Wildman–Crippen LogP) is 4.08. The molecule has 2 aliphatic rings. The summed E-state index contributed by atoms with van der Waals surface area (Å²) in [5.74, 6) is -0.101. The molecule has 1 atom stereocenters. The second kappa shape index (κ2) is 9.24. The summed E-state index contributed by atoms with van der Waals surface area (Å²) in [4.78, 5) is 16.9. The zero-order valence-electron chi connectivity index (χ0n) is 16.7. The summed E-state index contributed by atoms with van der Waals surface area (Å²) in [7, 11) is 0. The van der Waals surface area contributed by atoms with Gasteiger partial charge in [-0.15, -0.1) is 12.4 Å². The molecule has 2 saturated heterocycles. The van der Waals surface area contributed by atoms with Gasteiger partial charge >= 0.3 is 0 Å². The van der Waals surface area contributed by atoms with Crippen molar-refractivity contribution in [3.05, 3.63) is 66.0 Å². The molecule has 0 radical (unpaired) electrons. The molecule has 6 heteroatoms. The number of morpholine rings is 1. The molecule has 2 aromatic carbocycles. The third-order valence-corrected chi connectivity index (χ3v) is 5.98. The summed E-state index contributed by atoms with van der Waals surface area (Å²) >= 11 is 0. The molecule has 156 valence electrons. The molecule has 4 rings (SSSR count). The highest BCUT2D eigenvalue weighted by Gasteiger charge is 2.45. The Morgan fingerprint density at radius 3 is 2.41 bits per heavy atom. The lowest BCUT2D eigenvalue weighted by Crippen LogP contribution is -2.61. The van der Waals surface area contributed by atoms with Crippen LogP contribution in [0.1, 0.15) is 25.3 Å². The smallest absolute Gasteiger partial charge is 0.255 e. The van der Waals surface area contributed by atoms with Crippen molar-refractivity contribution >= 4 is 24.0 Å². The molecule has 2 heterocycles. The Balaban J connectivity index is 0.00000240. The largest absolute Gasteiger partial charge is 0.360 e. The number of ether oxygens (including phenoxy) is 1. The van der Waals surface area contributed by atoms with Crippen LogP contribution in [0.3, 0.4) is 0 Å². The van der Waals surface area contributed by atoms with Crippen LogP contribution >= 0.6 is 12.4 Å². The van der Waals surface area contributed by atoms with E-state index in [1.54, 1.807) is 6.07 Å². The monoisotopic (exact) mass is 418 g/mol. The minimum Gasteiger partial charge on any atom is -0.360 e. The zero-order valence-corrected chi connectivity index (χ0v) is 17.5. The second-order valence-corrected chi connectivity index (χ2v) is 7.89. The fourth-order valence-corrected chi connectivity index (χ4v) is 4.31. The number of anilines is 1. The molecular formula is C23H28ClFN2O2. The van der Waals surface area contributed by atoms with Gasteiger partial charge in [-0.2, -0.15) is 0 Å². The van der Waals surface area contributed by atoms with Crippen LogP contribution in [-0.2, 0) is 16.0 Å². The van der Waals surface area contributed by atoms with E-state index in [9.17, 15) is 9.18 Å². The molecule has 1 spiro atoms. The fraction of sp³-hybridized carbons (Fsp3) is 0.435. The van der Waals surface area contributed by atoms with Crippen molar-refractivity contribution in [3.63, 3.8) is 0 Å². The number of rotatable bonds is 4. The number of benzene rings is 2. The van der Waals surface area contributed by atoms with Crippen molar-refractivity contribution < 1.29 is 13.9 Å². The van der Waals surface area contributed by atoms with E-state index in [4.69, 9.17) is 4.74 Å². The first-order chi connectivity index (χ1) is 13.6. The van der Waals surface area contributed by atoms with Crippen LogP contribution in [0.5, 0.6) is 0 Å². The topological polar surface area (TPSA) is 32.8 Å². The van der Waals surface area contributed by atoms with E-state index in [-0.39, 0.29) is 29.7 Å². The van der Waals surface area contributed by atoms with Gasteiger partial charge in [-0.1, -0.05) is 36.4 Å². The number of hydrogen-bond donors (Lipinski definition) is 0. The highest BCUT2D eigenvalue weighted by atomic mass is 35.5. The molecule has 1 amide bonds. The normalized spacial score (nSPS) is 21.8. The van der Waals surface area contributed by atoms with Gasteiger partial charge < -0.3 is 14.5 Å². The van der Waals surface area contributed by atoms with Gasteiger partial charge in [0.05, 0.1) is 12.1 Å². The Hall–Kier alpha value is -1.95. The van der Waals surface area contributed by atoms with Crippen LogP contribution in [0.15, 0.2) is 54.6 Å². The van der Waals surface area contributed by atoms with Crippen molar-refractivity contribution in [2.24, 2.45) is 0 Å². The van der Waals surface area contributed by atoms with Gasteiger partial charge in [0.25, 0.3) is 5.91 Å². The van der Waals surface area contributed by atoms with Crippen molar-refractivity contribution in [1.29, 1.82) is 0 Å². The number of para-hydroxylation sites is 1. The van der Waals surface area contributed by atoms with Gasteiger partial charge in [0.2, 0.25) is 0 Å². The molecule has 2 aromatic rings. The lowest BCUT2D eigenvalue weighted by atomic mass is 9.88. The highest BCUT2D eigenvalue weighted by molar-refractivity contribution is 5.97. The minimum absolute atomic E-state index is 0. The van der Waals surface area contributed by atoms with Crippen molar-refractivity contribution in [2.75, 3.05) is 31.1 Å². The van der Waals surface area contributed by atoms with E-state index in [0.717, 1.165) is 43.7 Å². The van der Waals surface area contributed by atoms with Crippen molar-refractivity contribution in [1.82, 2.24) is 4.90 Å². The van der Waals surface area contributed by atoms with Gasteiger partial charge in [-0.25, -0.2) is 4.39 Å². The van der Waals surface area contributed by atoms with Gasteiger partial charge in [0.15, 0.2) is 0 Å². The third kappa shape index (κ3) is 4.80. The Labute approximate surface area is 178 Å².